The highest BCUT2D eigenvalue weighted by molar-refractivity contribution is 5.33. The van der Waals surface area contributed by atoms with Gasteiger partial charge in [-0.15, -0.1) is 6.58 Å². The fourth-order valence-corrected chi connectivity index (χ4v) is 1.22. The molecule has 0 aromatic heterocycles. The van der Waals surface area contributed by atoms with Gasteiger partial charge in [-0.3, -0.25) is 0 Å². The van der Waals surface area contributed by atoms with E-state index in [0.29, 0.717) is 6.61 Å². The van der Waals surface area contributed by atoms with E-state index in [1.807, 2.05) is 44.2 Å². The van der Waals surface area contributed by atoms with Gasteiger partial charge >= 0.3 is 0 Å². The summed E-state index contributed by atoms with van der Waals surface area (Å²) in [6, 6.07) is 9.98. The molecule has 84 valence electrons. The van der Waals surface area contributed by atoms with Gasteiger partial charge in [-0.05, 0) is 26.0 Å². The first-order valence-electron chi connectivity index (χ1n) is 5.43. The molecular formula is C15H18O. The van der Waals surface area contributed by atoms with E-state index >= 15 is 0 Å². The minimum atomic E-state index is -0.212. The van der Waals surface area contributed by atoms with E-state index < -0.39 is 0 Å². The van der Waals surface area contributed by atoms with Gasteiger partial charge in [0.25, 0.3) is 0 Å². The first-order chi connectivity index (χ1) is 7.64. The Kier molecular flexibility index (Phi) is 4.82. The SMILES string of the molecule is C=CCOC(C)(C)CC#Cc1ccccc1. The lowest BCUT2D eigenvalue weighted by molar-refractivity contribution is 0.00366. The maximum atomic E-state index is 5.60. The van der Waals surface area contributed by atoms with Gasteiger partial charge < -0.3 is 4.74 Å². The van der Waals surface area contributed by atoms with Crippen molar-refractivity contribution in [1.29, 1.82) is 0 Å². The summed E-state index contributed by atoms with van der Waals surface area (Å²) >= 11 is 0. The zero-order chi connectivity index (χ0) is 11.9. The van der Waals surface area contributed by atoms with Gasteiger partial charge in [0.05, 0.1) is 12.2 Å². The molecule has 0 aliphatic rings. The van der Waals surface area contributed by atoms with Gasteiger partial charge in [0.1, 0.15) is 0 Å². The van der Waals surface area contributed by atoms with Crippen molar-refractivity contribution >= 4 is 0 Å². The largest absolute Gasteiger partial charge is 0.371 e. The Hall–Kier alpha value is -1.52. The van der Waals surface area contributed by atoms with Crippen LogP contribution in [0.15, 0.2) is 43.0 Å². The smallest absolute Gasteiger partial charge is 0.0739 e. The van der Waals surface area contributed by atoms with Crippen LogP contribution in [0.3, 0.4) is 0 Å². The van der Waals surface area contributed by atoms with Gasteiger partial charge in [-0.1, -0.05) is 36.1 Å². The number of rotatable bonds is 4. The lowest BCUT2D eigenvalue weighted by atomic mass is 10.1. The maximum absolute atomic E-state index is 5.60. The van der Waals surface area contributed by atoms with Crippen LogP contribution in [-0.2, 0) is 4.74 Å². The van der Waals surface area contributed by atoms with Crippen LogP contribution < -0.4 is 0 Å². The van der Waals surface area contributed by atoms with Crippen LogP contribution in [0.2, 0.25) is 0 Å². The molecule has 0 bridgehead atoms. The van der Waals surface area contributed by atoms with Crippen molar-refractivity contribution in [2.45, 2.75) is 25.9 Å². The standard InChI is InChI=1S/C15H18O/c1-4-13-16-15(2,3)12-8-11-14-9-6-5-7-10-14/h4-7,9-10H,1,12-13H2,2-3H3. The number of ether oxygens (including phenoxy) is 1. The molecular weight excluding hydrogens is 196 g/mol. The molecule has 16 heavy (non-hydrogen) atoms. The molecule has 0 saturated carbocycles. The third kappa shape index (κ3) is 4.82. The predicted molar refractivity (Wildman–Crippen MR) is 68.2 cm³/mol. The summed E-state index contributed by atoms with van der Waals surface area (Å²) in [7, 11) is 0. The van der Waals surface area contributed by atoms with E-state index in [4.69, 9.17) is 4.74 Å². The summed E-state index contributed by atoms with van der Waals surface area (Å²) < 4.78 is 5.60. The molecule has 0 unspecified atom stereocenters. The summed E-state index contributed by atoms with van der Waals surface area (Å²) in [5, 5.41) is 0. The molecule has 1 aromatic carbocycles. The van der Waals surface area contributed by atoms with Crippen molar-refractivity contribution in [3.8, 4) is 11.8 Å². The van der Waals surface area contributed by atoms with Crippen molar-refractivity contribution in [2.75, 3.05) is 6.61 Å². The quantitative estimate of drug-likeness (QED) is 0.551. The monoisotopic (exact) mass is 214 g/mol. The second-order valence-corrected chi connectivity index (χ2v) is 4.20. The highest BCUT2D eigenvalue weighted by Gasteiger charge is 2.15. The van der Waals surface area contributed by atoms with E-state index in [0.717, 1.165) is 12.0 Å². The second kappa shape index (κ2) is 6.15. The highest BCUT2D eigenvalue weighted by Crippen LogP contribution is 2.13. The van der Waals surface area contributed by atoms with Crippen LogP contribution in [0.1, 0.15) is 25.8 Å². The molecule has 0 N–H and O–H groups in total. The van der Waals surface area contributed by atoms with Crippen molar-refractivity contribution < 1.29 is 4.74 Å². The van der Waals surface area contributed by atoms with Gasteiger partial charge in [0.2, 0.25) is 0 Å². The third-order valence-electron chi connectivity index (χ3n) is 2.11. The molecule has 0 heterocycles. The summed E-state index contributed by atoms with van der Waals surface area (Å²) in [5.41, 5.74) is 0.831. The molecule has 0 aliphatic carbocycles. The topological polar surface area (TPSA) is 9.23 Å². The molecule has 1 rings (SSSR count). The van der Waals surface area contributed by atoms with E-state index in [-0.39, 0.29) is 5.60 Å². The Balaban J connectivity index is 2.51. The molecule has 0 amide bonds. The summed E-state index contributed by atoms with van der Waals surface area (Å²) in [6.45, 7) is 8.28. The van der Waals surface area contributed by atoms with Crippen molar-refractivity contribution in [3.63, 3.8) is 0 Å². The van der Waals surface area contributed by atoms with Crippen LogP contribution in [0.5, 0.6) is 0 Å². The fourth-order valence-electron chi connectivity index (χ4n) is 1.22. The third-order valence-corrected chi connectivity index (χ3v) is 2.11. The van der Waals surface area contributed by atoms with Crippen molar-refractivity contribution in [3.05, 3.63) is 48.6 Å². The average Bonchev–Trinajstić information content (AvgIpc) is 2.28. The van der Waals surface area contributed by atoms with Crippen LogP contribution >= 0.6 is 0 Å². The van der Waals surface area contributed by atoms with Gasteiger partial charge in [-0.25, -0.2) is 0 Å². The molecule has 0 fully saturated rings. The molecule has 0 aliphatic heterocycles. The maximum Gasteiger partial charge on any atom is 0.0739 e. The van der Waals surface area contributed by atoms with Crippen LogP contribution in [0.4, 0.5) is 0 Å². The number of hydrogen-bond donors (Lipinski definition) is 0. The summed E-state index contributed by atoms with van der Waals surface area (Å²) in [5.74, 6) is 6.26. The molecule has 1 aromatic rings. The Bertz CT molecular complexity index is 379. The van der Waals surface area contributed by atoms with Crippen LogP contribution in [0, 0.1) is 11.8 Å². The zero-order valence-electron chi connectivity index (χ0n) is 9.99. The van der Waals surface area contributed by atoms with Gasteiger partial charge in [0, 0.05) is 12.0 Å². The Morgan fingerprint density at radius 3 is 2.62 bits per heavy atom. The van der Waals surface area contributed by atoms with Crippen LogP contribution in [-0.4, -0.2) is 12.2 Å². The molecule has 0 spiro atoms. The fraction of sp³-hybridized carbons (Fsp3) is 0.333. The highest BCUT2D eigenvalue weighted by atomic mass is 16.5. The van der Waals surface area contributed by atoms with Crippen molar-refractivity contribution in [2.24, 2.45) is 0 Å². The zero-order valence-corrected chi connectivity index (χ0v) is 9.99. The molecule has 0 radical (unpaired) electrons. The number of hydrogen-bond acceptors (Lipinski definition) is 1. The van der Waals surface area contributed by atoms with Gasteiger partial charge in [-0.2, -0.15) is 0 Å². The second-order valence-electron chi connectivity index (χ2n) is 4.20. The molecule has 1 nitrogen and oxygen atoms in total. The minimum absolute atomic E-state index is 0.212. The Morgan fingerprint density at radius 1 is 1.31 bits per heavy atom. The summed E-state index contributed by atoms with van der Waals surface area (Å²) in [6.07, 6.45) is 2.47. The molecule has 1 heteroatoms. The molecule has 0 atom stereocenters. The number of benzene rings is 1. The lowest BCUT2D eigenvalue weighted by Crippen LogP contribution is -2.23. The van der Waals surface area contributed by atoms with Gasteiger partial charge in [0.15, 0.2) is 0 Å². The average molecular weight is 214 g/mol. The first kappa shape index (κ1) is 12.5. The normalized spacial score (nSPS) is 10.4. The Labute approximate surface area is 98.1 Å². The van der Waals surface area contributed by atoms with E-state index in [2.05, 4.69) is 18.4 Å². The van der Waals surface area contributed by atoms with Crippen LogP contribution in [0.25, 0.3) is 0 Å². The summed E-state index contributed by atoms with van der Waals surface area (Å²) in [4.78, 5) is 0. The van der Waals surface area contributed by atoms with E-state index in [1.165, 1.54) is 0 Å². The predicted octanol–water partition coefficient (Wildman–Crippen LogP) is 3.41. The van der Waals surface area contributed by atoms with E-state index in [1.54, 1.807) is 6.08 Å². The minimum Gasteiger partial charge on any atom is -0.371 e. The molecule has 0 saturated heterocycles. The Morgan fingerprint density at radius 2 is 2.00 bits per heavy atom. The van der Waals surface area contributed by atoms with Crippen molar-refractivity contribution in [1.82, 2.24) is 0 Å². The lowest BCUT2D eigenvalue weighted by Gasteiger charge is -2.21. The van der Waals surface area contributed by atoms with E-state index in [9.17, 15) is 0 Å². The first-order valence-corrected chi connectivity index (χ1v) is 5.43.